The first-order chi connectivity index (χ1) is 23.4. The molecule has 52 heavy (non-hydrogen) atoms. The zero-order chi connectivity index (χ0) is 39.5. The maximum absolute atomic E-state index is 13.8. The van der Waals surface area contributed by atoms with E-state index in [-0.39, 0.29) is 54.9 Å². The molecule has 0 atom stereocenters. The summed E-state index contributed by atoms with van der Waals surface area (Å²) in [5, 5.41) is 46.8. The number of hydrogen-bond donors (Lipinski definition) is 0. The SMILES string of the molecule is CC(C)[O-].CC(C)[O-].CCC(C)(C)c1cc(CN2CCCN(Cc3cc(C(C)(C)CC)cc(C(C)(C)CC)c3[O-])CC2)c([O-])c(C(C)(C)CC)c1.[Ti+4]. The minimum absolute atomic E-state index is 0. The topological polar surface area (TPSA) is 98.7 Å². The van der Waals surface area contributed by atoms with Gasteiger partial charge in [-0.1, -0.05) is 135 Å². The Morgan fingerprint density at radius 1 is 0.519 bits per heavy atom. The van der Waals surface area contributed by atoms with Crippen LogP contribution in [0.4, 0.5) is 0 Å². The van der Waals surface area contributed by atoms with Gasteiger partial charge in [0.15, 0.2) is 0 Å². The zero-order valence-corrected chi connectivity index (χ0v) is 37.8. The summed E-state index contributed by atoms with van der Waals surface area (Å²) in [7, 11) is 0. The van der Waals surface area contributed by atoms with E-state index in [9.17, 15) is 20.4 Å². The predicted molar refractivity (Wildman–Crippen MR) is 210 cm³/mol. The first kappa shape index (κ1) is 50.6. The van der Waals surface area contributed by atoms with E-state index in [1.807, 2.05) is 0 Å². The fraction of sp³-hybridized carbons (Fsp3) is 0.733. The van der Waals surface area contributed by atoms with Gasteiger partial charge in [-0.15, -0.1) is 23.7 Å². The van der Waals surface area contributed by atoms with Crippen molar-refractivity contribution in [2.45, 2.75) is 190 Å². The third-order valence-corrected chi connectivity index (χ3v) is 11.4. The summed E-state index contributed by atoms with van der Waals surface area (Å²) in [5.41, 5.74) is 6.11. The number of hydrogen-bond acceptors (Lipinski definition) is 6. The van der Waals surface area contributed by atoms with Crippen molar-refractivity contribution < 1.29 is 42.1 Å². The zero-order valence-electron chi connectivity index (χ0n) is 36.3. The van der Waals surface area contributed by atoms with E-state index in [2.05, 4.69) is 117 Å². The molecule has 1 saturated heterocycles. The van der Waals surface area contributed by atoms with Crippen LogP contribution in [0.2, 0.25) is 0 Å². The van der Waals surface area contributed by atoms with Crippen molar-refractivity contribution in [1.82, 2.24) is 9.80 Å². The Kier molecular flexibility index (Phi) is 21.0. The number of benzene rings is 2. The molecule has 0 spiro atoms. The Morgan fingerprint density at radius 3 is 1.04 bits per heavy atom. The van der Waals surface area contributed by atoms with E-state index < -0.39 is 12.2 Å². The number of nitrogens with zero attached hydrogens (tertiary/aromatic N) is 2. The van der Waals surface area contributed by atoms with Crippen molar-refractivity contribution in [2.75, 3.05) is 26.2 Å². The van der Waals surface area contributed by atoms with Gasteiger partial charge in [-0.3, -0.25) is 9.80 Å². The summed E-state index contributed by atoms with van der Waals surface area (Å²) in [6.07, 6.45) is 4.14. The van der Waals surface area contributed by atoms with Crippen LogP contribution >= 0.6 is 0 Å². The average molecular weight is 757 g/mol. The summed E-state index contributed by atoms with van der Waals surface area (Å²) >= 11 is 0. The van der Waals surface area contributed by atoms with E-state index in [1.165, 1.54) is 11.1 Å². The van der Waals surface area contributed by atoms with Crippen LogP contribution in [0.1, 0.15) is 176 Å². The molecule has 0 unspecified atom stereocenters. The summed E-state index contributed by atoms with van der Waals surface area (Å²) in [4.78, 5) is 4.92. The Hall–Kier alpha value is -1.41. The number of rotatable bonds is 12. The minimum Gasteiger partial charge on any atom is -0.872 e. The van der Waals surface area contributed by atoms with Gasteiger partial charge in [0.1, 0.15) is 0 Å². The molecule has 0 radical (unpaired) electrons. The Morgan fingerprint density at radius 2 is 0.788 bits per heavy atom. The van der Waals surface area contributed by atoms with Gasteiger partial charge in [-0.25, -0.2) is 0 Å². The summed E-state index contributed by atoms with van der Waals surface area (Å²) in [5.74, 6) is 0.446. The molecule has 1 aliphatic heterocycles. The van der Waals surface area contributed by atoms with Gasteiger partial charge < -0.3 is 20.4 Å². The van der Waals surface area contributed by atoms with Crippen LogP contribution in [0.3, 0.4) is 0 Å². The molecule has 2 aromatic carbocycles. The van der Waals surface area contributed by atoms with Crippen LogP contribution < -0.4 is 20.4 Å². The molecule has 0 saturated carbocycles. The van der Waals surface area contributed by atoms with Crippen LogP contribution in [0.25, 0.3) is 0 Å². The average Bonchev–Trinajstić information content (AvgIpc) is 3.26. The molecule has 0 N–H and O–H groups in total. The van der Waals surface area contributed by atoms with Gasteiger partial charge in [-0.2, -0.15) is 0 Å². The molecule has 2 aromatic rings. The molecule has 294 valence electrons. The predicted octanol–water partition coefficient (Wildman–Crippen LogP) is 7.80. The molecule has 0 amide bonds. The van der Waals surface area contributed by atoms with E-state index in [0.29, 0.717) is 13.1 Å². The quantitative estimate of drug-likeness (QED) is 0.205. The smallest absolute Gasteiger partial charge is 0.872 e. The summed E-state index contributed by atoms with van der Waals surface area (Å²) in [6.45, 7) is 38.3. The van der Waals surface area contributed by atoms with Crippen LogP contribution in [0.15, 0.2) is 24.3 Å². The van der Waals surface area contributed by atoms with Crippen LogP contribution in [-0.2, 0) is 56.5 Å². The second-order valence-corrected chi connectivity index (χ2v) is 18.0. The maximum Gasteiger partial charge on any atom is 4.00 e. The molecule has 1 fully saturated rings. The monoisotopic (exact) mass is 757 g/mol. The van der Waals surface area contributed by atoms with Gasteiger partial charge in [0, 0.05) is 26.2 Å². The van der Waals surface area contributed by atoms with E-state index in [0.717, 1.165) is 80.5 Å². The van der Waals surface area contributed by atoms with Gasteiger partial charge >= 0.3 is 21.7 Å². The van der Waals surface area contributed by atoms with Crippen molar-refractivity contribution >= 4 is 0 Å². The summed E-state index contributed by atoms with van der Waals surface area (Å²) in [6, 6.07) is 8.80. The fourth-order valence-corrected chi connectivity index (χ4v) is 6.01. The molecule has 1 heterocycles. The van der Waals surface area contributed by atoms with Gasteiger partial charge in [0.2, 0.25) is 0 Å². The van der Waals surface area contributed by atoms with Crippen LogP contribution in [-0.4, -0.2) is 48.2 Å². The molecular weight excluding hydrogens is 680 g/mol. The Balaban J connectivity index is 0.00000261. The van der Waals surface area contributed by atoms with Crippen molar-refractivity contribution in [2.24, 2.45) is 0 Å². The first-order valence-corrected chi connectivity index (χ1v) is 19.8. The van der Waals surface area contributed by atoms with Gasteiger partial charge in [0.25, 0.3) is 0 Å². The Bertz CT molecular complexity index is 1240. The van der Waals surface area contributed by atoms with E-state index >= 15 is 0 Å². The second kappa shape index (κ2) is 21.6. The van der Waals surface area contributed by atoms with Crippen molar-refractivity contribution in [3.8, 4) is 11.5 Å². The van der Waals surface area contributed by atoms with E-state index in [1.54, 1.807) is 27.7 Å². The molecule has 6 nitrogen and oxygen atoms in total. The standard InChI is InChI=1S/C39H64N2O2.2C3H7O.Ti/c1-13-36(5,6)30-22-28(34(42)32(24-30)38(9,10)15-3)26-40-18-17-19-41(21-20-40)27-29-23-31(37(7,8)14-2)25-33(35(29)43)39(11,12)16-4;2*1-3(2)4;/h22-25,42-43H,13-21,26-27H2,1-12H3;2*3H,1-2H3;/q;2*-1;+4/p-2. The second-order valence-electron chi connectivity index (χ2n) is 18.0. The first-order valence-electron chi connectivity index (χ1n) is 19.8. The molecule has 0 aliphatic carbocycles. The Labute approximate surface area is 335 Å². The molecule has 3 rings (SSSR count). The minimum atomic E-state index is -0.417. The third-order valence-electron chi connectivity index (χ3n) is 11.4. The molecule has 7 heteroatoms. The maximum atomic E-state index is 13.8. The largest absolute Gasteiger partial charge is 4.00 e. The molecule has 0 bridgehead atoms. The molecule has 0 aromatic heterocycles. The normalized spacial score (nSPS) is 15.0. The molecule has 1 aliphatic rings. The van der Waals surface area contributed by atoms with E-state index in [4.69, 9.17) is 0 Å². The third kappa shape index (κ3) is 15.0. The van der Waals surface area contributed by atoms with Crippen molar-refractivity contribution in [3.63, 3.8) is 0 Å². The fourth-order valence-electron chi connectivity index (χ4n) is 6.01. The molecular formula is C45H76N2O4Ti. The van der Waals surface area contributed by atoms with Gasteiger partial charge in [0.05, 0.1) is 0 Å². The summed E-state index contributed by atoms with van der Waals surface area (Å²) < 4.78 is 0. The van der Waals surface area contributed by atoms with Crippen LogP contribution in [0, 0.1) is 0 Å². The van der Waals surface area contributed by atoms with Crippen molar-refractivity contribution in [3.05, 3.63) is 57.6 Å². The van der Waals surface area contributed by atoms with Crippen LogP contribution in [0.5, 0.6) is 11.5 Å². The van der Waals surface area contributed by atoms with Crippen molar-refractivity contribution in [1.29, 1.82) is 0 Å². The van der Waals surface area contributed by atoms with Gasteiger partial charge in [-0.05, 0) is 100 Å².